The number of nitrogens with two attached hydrogens (primary N) is 1. The highest BCUT2D eigenvalue weighted by molar-refractivity contribution is 5.90. The zero-order valence-corrected chi connectivity index (χ0v) is 13.0. The number of piperidine rings is 1. The molecule has 0 aromatic heterocycles. The number of hydrogen-bond acceptors (Lipinski definition) is 3. The minimum Gasteiger partial charge on any atom is -0.355 e. The average molecular weight is 304 g/mol. The van der Waals surface area contributed by atoms with Crippen molar-refractivity contribution < 1.29 is 9.59 Å². The number of benzene rings is 1. The van der Waals surface area contributed by atoms with E-state index in [-0.39, 0.29) is 17.9 Å². The smallest absolute Gasteiger partial charge is 0.321 e. The number of hydrogen-bond donors (Lipinski definition) is 3. The molecule has 0 radical (unpaired) electrons. The maximum atomic E-state index is 12.3. The molecule has 2 rings (SSSR count). The number of amides is 3. The first-order chi connectivity index (χ1) is 10.6. The summed E-state index contributed by atoms with van der Waals surface area (Å²) in [4.78, 5) is 26.0. The van der Waals surface area contributed by atoms with E-state index in [9.17, 15) is 9.59 Å². The molecule has 1 aliphatic rings. The van der Waals surface area contributed by atoms with E-state index < -0.39 is 0 Å². The van der Waals surface area contributed by atoms with Gasteiger partial charge in [-0.15, -0.1) is 0 Å². The fraction of sp³-hybridized carbons (Fsp3) is 0.500. The summed E-state index contributed by atoms with van der Waals surface area (Å²) < 4.78 is 0. The third-order valence-electron chi connectivity index (χ3n) is 3.83. The highest BCUT2D eigenvalue weighted by Crippen LogP contribution is 2.18. The topological polar surface area (TPSA) is 87.5 Å². The van der Waals surface area contributed by atoms with Crippen molar-refractivity contribution >= 4 is 17.6 Å². The van der Waals surface area contributed by atoms with Gasteiger partial charge in [-0.05, 0) is 31.9 Å². The molecule has 1 aromatic carbocycles. The van der Waals surface area contributed by atoms with Gasteiger partial charge in [0.25, 0.3) is 0 Å². The number of nitrogens with one attached hydrogen (secondary N) is 2. The molecule has 1 atom stereocenters. The molecule has 1 unspecified atom stereocenters. The standard InChI is InChI=1S/C16H24N4O2/c1-12-4-6-14(7-5-12)19-16(22)20-10-2-3-13(11-20)15(21)18-9-8-17/h4-7,13H,2-3,8-11,17H2,1H3,(H,18,21)(H,19,22). The average Bonchev–Trinajstić information content (AvgIpc) is 2.54. The van der Waals surface area contributed by atoms with E-state index in [0.717, 1.165) is 24.1 Å². The van der Waals surface area contributed by atoms with Crippen molar-refractivity contribution in [1.29, 1.82) is 0 Å². The van der Waals surface area contributed by atoms with Crippen LogP contribution in [0.4, 0.5) is 10.5 Å². The Kier molecular flexibility index (Phi) is 5.77. The van der Waals surface area contributed by atoms with Gasteiger partial charge in [0.15, 0.2) is 0 Å². The molecule has 22 heavy (non-hydrogen) atoms. The molecule has 1 fully saturated rings. The summed E-state index contributed by atoms with van der Waals surface area (Å²) in [5, 5.41) is 5.67. The van der Waals surface area contributed by atoms with Gasteiger partial charge in [-0.25, -0.2) is 4.79 Å². The molecule has 0 aliphatic carbocycles. The molecule has 3 amide bonds. The zero-order chi connectivity index (χ0) is 15.9. The molecular formula is C16H24N4O2. The second-order valence-electron chi connectivity index (χ2n) is 5.66. The Bertz CT molecular complexity index is 515. The van der Waals surface area contributed by atoms with E-state index in [1.54, 1.807) is 4.90 Å². The van der Waals surface area contributed by atoms with E-state index in [4.69, 9.17) is 5.73 Å². The van der Waals surface area contributed by atoms with Crippen molar-refractivity contribution in [2.45, 2.75) is 19.8 Å². The lowest BCUT2D eigenvalue weighted by Crippen LogP contribution is -2.47. The SMILES string of the molecule is Cc1ccc(NC(=O)N2CCCC(C(=O)NCCN)C2)cc1. The Labute approximate surface area is 131 Å². The fourth-order valence-corrected chi connectivity index (χ4v) is 2.55. The van der Waals surface area contributed by atoms with Crippen molar-refractivity contribution in [3.63, 3.8) is 0 Å². The van der Waals surface area contributed by atoms with Gasteiger partial charge in [0, 0.05) is 31.9 Å². The van der Waals surface area contributed by atoms with E-state index in [0.29, 0.717) is 26.2 Å². The Morgan fingerprint density at radius 1 is 1.32 bits per heavy atom. The second-order valence-corrected chi connectivity index (χ2v) is 5.66. The summed E-state index contributed by atoms with van der Waals surface area (Å²) in [6, 6.07) is 7.51. The number of aryl methyl sites for hydroxylation is 1. The molecule has 6 heteroatoms. The number of nitrogens with zero attached hydrogens (tertiary/aromatic N) is 1. The van der Waals surface area contributed by atoms with Crippen LogP contribution in [0.3, 0.4) is 0 Å². The van der Waals surface area contributed by atoms with Gasteiger partial charge in [0.2, 0.25) is 5.91 Å². The van der Waals surface area contributed by atoms with Crippen molar-refractivity contribution in [2.75, 3.05) is 31.5 Å². The summed E-state index contributed by atoms with van der Waals surface area (Å²) in [5.74, 6) is -0.164. The molecule has 1 aliphatic heterocycles. The highest BCUT2D eigenvalue weighted by Gasteiger charge is 2.28. The molecule has 6 nitrogen and oxygen atoms in total. The van der Waals surface area contributed by atoms with E-state index in [1.807, 2.05) is 31.2 Å². The minimum absolute atomic E-state index is 0.0155. The maximum absolute atomic E-state index is 12.3. The van der Waals surface area contributed by atoms with Crippen LogP contribution in [0, 0.1) is 12.8 Å². The lowest BCUT2D eigenvalue weighted by atomic mass is 9.97. The lowest BCUT2D eigenvalue weighted by molar-refractivity contribution is -0.126. The molecule has 120 valence electrons. The fourth-order valence-electron chi connectivity index (χ4n) is 2.55. The van der Waals surface area contributed by atoms with Crippen LogP contribution in [0.1, 0.15) is 18.4 Å². The van der Waals surface area contributed by atoms with E-state index in [1.165, 1.54) is 0 Å². The molecular weight excluding hydrogens is 280 g/mol. The molecule has 0 saturated carbocycles. The number of carbonyl (C=O) groups excluding carboxylic acids is 2. The van der Waals surface area contributed by atoms with Gasteiger partial charge < -0.3 is 21.3 Å². The summed E-state index contributed by atoms with van der Waals surface area (Å²) in [6.45, 7) is 4.04. The third-order valence-corrected chi connectivity index (χ3v) is 3.83. The predicted octanol–water partition coefficient (Wildman–Crippen LogP) is 1.31. The molecule has 0 bridgehead atoms. The first-order valence-corrected chi connectivity index (χ1v) is 7.70. The Balaban J connectivity index is 1.89. The Morgan fingerprint density at radius 3 is 2.73 bits per heavy atom. The van der Waals surface area contributed by atoms with Crippen LogP contribution in [0.5, 0.6) is 0 Å². The van der Waals surface area contributed by atoms with E-state index in [2.05, 4.69) is 10.6 Å². The third kappa shape index (κ3) is 4.46. The number of carbonyl (C=O) groups is 2. The first kappa shape index (κ1) is 16.3. The number of anilines is 1. The van der Waals surface area contributed by atoms with Gasteiger partial charge >= 0.3 is 6.03 Å². The van der Waals surface area contributed by atoms with Gasteiger partial charge in [0.1, 0.15) is 0 Å². The summed E-state index contributed by atoms with van der Waals surface area (Å²) in [5.41, 5.74) is 7.30. The van der Waals surface area contributed by atoms with Crippen LogP contribution in [0.15, 0.2) is 24.3 Å². The zero-order valence-electron chi connectivity index (χ0n) is 13.0. The van der Waals surface area contributed by atoms with Crippen LogP contribution in [-0.2, 0) is 4.79 Å². The number of likely N-dealkylation sites (tertiary alicyclic amines) is 1. The monoisotopic (exact) mass is 304 g/mol. The molecule has 1 saturated heterocycles. The Morgan fingerprint density at radius 2 is 2.05 bits per heavy atom. The van der Waals surface area contributed by atoms with Crippen LogP contribution < -0.4 is 16.4 Å². The number of rotatable bonds is 4. The summed E-state index contributed by atoms with van der Waals surface area (Å²) in [6.07, 6.45) is 1.65. The van der Waals surface area contributed by atoms with Crippen LogP contribution >= 0.6 is 0 Å². The quantitative estimate of drug-likeness (QED) is 0.784. The molecule has 4 N–H and O–H groups in total. The van der Waals surface area contributed by atoms with Crippen molar-refractivity contribution in [3.05, 3.63) is 29.8 Å². The largest absolute Gasteiger partial charge is 0.355 e. The van der Waals surface area contributed by atoms with Gasteiger partial charge in [0.05, 0.1) is 5.92 Å². The van der Waals surface area contributed by atoms with Crippen molar-refractivity contribution in [1.82, 2.24) is 10.2 Å². The lowest BCUT2D eigenvalue weighted by Gasteiger charge is -2.32. The predicted molar refractivity (Wildman–Crippen MR) is 86.6 cm³/mol. The molecule has 0 spiro atoms. The first-order valence-electron chi connectivity index (χ1n) is 7.70. The van der Waals surface area contributed by atoms with Gasteiger partial charge in [-0.1, -0.05) is 17.7 Å². The van der Waals surface area contributed by atoms with E-state index >= 15 is 0 Å². The van der Waals surface area contributed by atoms with Crippen LogP contribution in [0.2, 0.25) is 0 Å². The maximum Gasteiger partial charge on any atom is 0.321 e. The van der Waals surface area contributed by atoms with Crippen LogP contribution in [0.25, 0.3) is 0 Å². The van der Waals surface area contributed by atoms with Crippen LogP contribution in [-0.4, -0.2) is 43.0 Å². The summed E-state index contributed by atoms with van der Waals surface area (Å²) >= 11 is 0. The normalized spacial score (nSPS) is 17.9. The molecule has 1 heterocycles. The number of urea groups is 1. The van der Waals surface area contributed by atoms with Gasteiger partial charge in [-0.3, -0.25) is 4.79 Å². The van der Waals surface area contributed by atoms with Gasteiger partial charge in [-0.2, -0.15) is 0 Å². The van der Waals surface area contributed by atoms with Crippen molar-refractivity contribution in [3.8, 4) is 0 Å². The van der Waals surface area contributed by atoms with Crippen molar-refractivity contribution in [2.24, 2.45) is 11.7 Å². The highest BCUT2D eigenvalue weighted by atomic mass is 16.2. The molecule has 1 aromatic rings. The minimum atomic E-state index is -0.153. The second kappa shape index (κ2) is 7.79. The Hall–Kier alpha value is -2.08. The summed E-state index contributed by atoms with van der Waals surface area (Å²) in [7, 11) is 0.